The van der Waals surface area contributed by atoms with Crippen LogP contribution in [0.15, 0.2) is 79.4 Å². The van der Waals surface area contributed by atoms with Gasteiger partial charge in [0.05, 0.1) is 29.4 Å². The third kappa shape index (κ3) is 25.8. The quantitative estimate of drug-likeness (QED) is 0.0123. The number of alkyl carbamates (subject to hydrolysis) is 1. The molecule has 28 heteroatoms. The summed E-state index contributed by atoms with van der Waals surface area (Å²) in [6, 6.07) is 17.8. The van der Waals surface area contributed by atoms with Crippen LogP contribution in [-0.4, -0.2) is 145 Å². The van der Waals surface area contributed by atoms with E-state index in [-0.39, 0.29) is 68.6 Å². The van der Waals surface area contributed by atoms with Gasteiger partial charge < -0.3 is 48.3 Å². The first-order valence-corrected chi connectivity index (χ1v) is 26.8. The summed E-state index contributed by atoms with van der Waals surface area (Å²) in [6.45, 7) is 17.5. The maximum absolute atomic E-state index is 13.9. The summed E-state index contributed by atoms with van der Waals surface area (Å²) in [5.41, 5.74) is -1.15. The van der Waals surface area contributed by atoms with Gasteiger partial charge in [0.2, 0.25) is 5.78 Å². The number of alkyl halides is 7. The van der Waals surface area contributed by atoms with Crippen molar-refractivity contribution in [1.82, 2.24) is 20.3 Å². The third-order valence-electron chi connectivity index (χ3n) is 12.5. The second kappa shape index (κ2) is 33.1. The lowest BCUT2D eigenvalue weighted by atomic mass is 9.91. The second-order valence-electron chi connectivity index (χ2n) is 21.1. The Morgan fingerprint density at radius 1 is 0.616 bits per heavy atom. The molecule has 0 radical (unpaired) electrons. The van der Waals surface area contributed by atoms with Crippen LogP contribution >= 0.6 is 0 Å². The minimum atomic E-state index is -5.34. The van der Waals surface area contributed by atoms with Gasteiger partial charge in [-0.1, -0.05) is 45.5 Å². The molecule has 478 valence electrons. The molecule has 2 N–H and O–H groups in total. The highest BCUT2D eigenvalue weighted by Crippen LogP contribution is 2.32. The van der Waals surface area contributed by atoms with Gasteiger partial charge in [-0.25, -0.2) is 19.1 Å². The van der Waals surface area contributed by atoms with E-state index in [9.17, 15) is 69.4 Å². The molecule has 0 saturated heterocycles. The van der Waals surface area contributed by atoms with Gasteiger partial charge in [0.1, 0.15) is 74.5 Å². The molecule has 0 fully saturated rings. The molecule has 0 saturated carbocycles. The monoisotopic (exact) mass is 1230 g/mol. The summed E-state index contributed by atoms with van der Waals surface area (Å²) >= 11 is 0. The smallest absolute Gasteiger partial charge is 0.460 e. The zero-order valence-electron chi connectivity index (χ0n) is 49.8. The van der Waals surface area contributed by atoms with E-state index in [2.05, 4.69) is 41.0 Å². The fraction of sp³-hybridized carbons (Fsp3) is 0.534. The van der Waals surface area contributed by atoms with E-state index in [4.69, 9.17) is 23.7 Å². The van der Waals surface area contributed by atoms with E-state index in [1.807, 2.05) is 65.0 Å². The van der Waals surface area contributed by atoms with Crippen LogP contribution in [0.3, 0.4) is 0 Å². The maximum Gasteiger partial charge on any atom is 0.460 e. The van der Waals surface area contributed by atoms with Crippen molar-refractivity contribution >= 4 is 52.8 Å². The molecule has 0 aliphatic carbocycles. The highest BCUT2D eigenvalue weighted by Gasteiger charge is 2.54. The van der Waals surface area contributed by atoms with Crippen LogP contribution in [0.2, 0.25) is 0 Å². The highest BCUT2D eigenvalue weighted by atomic mass is 19.4. The molecule has 1 amide bonds. The summed E-state index contributed by atoms with van der Waals surface area (Å²) in [6.07, 6.45) is -12.5. The van der Waals surface area contributed by atoms with Gasteiger partial charge in [0.25, 0.3) is 0 Å². The molecule has 86 heavy (non-hydrogen) atoms. The summed E-state index contributed by atoms with van der Waals surface area (Å²) < 4.78 is 132. The number of fused-ring (bicyclic) bond motifs is 1. The number of nitrogens with zero attached hydrogens (tertiary/aromatic N) is 3. The number of nitrogens with one attached hydrogen (secondary N) is 1. The van der Waals surface area contributed by atoms with Crippen LogP contribution in [0.25, 0.3) is 16.7 Å². The van der Waals surface area contributed by atoms with Crippen molar-refractivity contribution in [3.8, 4) is 17.2 Å². The average molecular weight is 1230 g/mol. The Morgan fingerprint density at radius 3 is 1.62 bits per heavy atom. The van der Waals surface area contributed by atoms with Crippen molar-refractivity contribution < 1.29 is 112 Å². The summed E-state index contributed by atoms with van der Waals surface area (Å²) in [4.78, 5) is 83.4. The van der Waals surface area contributed by atoms with Crippen molar-refractivity contribution in [2.24, 2.45) is 16.2 Å². The van der Waals surface area contributed by atoms with Gasteiger partial charge in [-0.15, -0.1) is 15.0 Å². The van der Waals surface area contributed by atoms with Crippen LogP contribution < -0.4 is 10.1 Å². The first-order chi connectivity index (χ1) is 39.9. The van der Waals surface area contributed by atoms with Gasteiger partial charge in [0.15, 0.2) is 5.60 Å². The third-order valence-corrected chi connectivity index (χ3v) is 12.5. The van der Waals surface area contributed by atoms with Crippen molar-refractivity contribution in [1.29, 1.82) is 0 Å². The highest BCUT2D eigenvalue weighted by molar-refractivity contribution is 6.03. The van der Waals surface area contributed by atoms with Crippen LogP contribution in [0, 0.1) is 16.2 Å². The molecule has 0 aliphatic rings. The normalized spacial score (nSPS) is 12.0. The van der Waals surface area contributed by atoms with E-state index in [1.54, 1.807) is 39.8 Å². The molecule has 0 aliphatic heterocycles. The molecule has 3 aromatic carbocycles. The minimum absolute atomic E-state index is 0.00112. The number of phenolic OH excluding ortho intramolecular Hbond substituents is 1. The molecule has 1 heterocycles. The number of esters is 5. The Hall–Kier alpha value is -7.88. The standard InChI is InChI=1S/C24H29F7O8.C20H23N3O3.C14H23NO6/c1-6-20(2,3)18(33)37-12-11-36-16-9-7-15(8-10-16)17(32)21(4,5)38-19(34)24(30,31)39-23(28,29)14-35-13-22(25,26)27;1-4-20(2,3)19(25)26-12-11-14-9-10-18(24)17(13-14)23-21-15-7-5-6-8-16(15)22-23;1-5-11(16)19-8-7-15-13(18)21-10-9-20-12(17)14(3,4)6-2/h7-10H,6,11-14H2,1-5H3;5-10,13,24H,4,11-12H2,1-3H3;5H,1,6-10H2,2-4H3,(H,15,18). The zero-order chi connectivity index (χ0) is 65.3. The molecule has 4 aromatic rings. The fourth-order valence-corrected chi connectivity index (χ4v) is 6.04. The number of phenols is 1. The van der Waals surface area contributed by atoms with Crippen LogP contribution in [0.4, 0.5) is 35.5 Å². The van der Waals surface area contributed by atoms with Gasteiger partial charge in [-0.2, -0.15) is 30.7 Å². The van der Waals surface area contributed by atoms with Crippen LogP contribution in [-0.2, 0) is 68.3 Å². The van der Waals surface area contributed by atoms with Gasteiger partial charge in [-0.05, 0) is 129 Å². The zero-order valence-corrected chi connectivity index (χ0v) is 49.8. The molecule has 4 rings (SSSR count). The molecule has 0 spiro atoms. The number of aromatic hydroxyl groups is 1. The molecule has 0 atom stereocenters. The van der Waals surface area contributed by atoms with E-state index in [0.717, 1.165) is 42.9 Å². The van der Waals surface area contributed by atoms with Crippen LogP contribution in [0.5, 0.6) is 11.5 Å². The maximum atomic E-state index is 13.9. The predicted molar refractivity (Wildman–Crippen MR) is 294 cm³/mol. The van der Waals surface area contributed by atoms with Crippen molar-refractivity contribution in [3.63, 3.8) is 0 Å². The van der Waals surface area contributed by atoms with E-state index >= 15 is 0 Å². The van der Waals surface area contributed by atoms with Crippen molar-refractivity contribution in [2.45, 2.75) is 126 Å². The summed E-state index contributed by atoms with van der Waals surface area (Å²) in [7, 11) is 0. The number of carbonyl (C=O) groups is 7. The lowest BCUT2D eigenvalue weighted by Crippen LogP contribution is -2.47. The Kier molecular flexibility index (Phi) is 28.6. The summed E-state index contributed by atoms with van der Waals surface area (Å²) in [5.74, 6) is -4.83. The number of Topliss-reactive ketones (excluding diaryl/α,β-unsaturated/α-hetero) is 1. The first-order valence-electron chi connectivity index (χ1n) is 26.8. The molecular weight excluding hydrogens is 1160 g/mol. The number of ketones is 1. The fourth-order valence-electron chi connectivity index (χ4n) is 6.04. The Morgan fingerprint density at radius 2 is 1.12 bits per heavy atom. The first kappa shape index (κ1) is 74.2. The Labute approximate surface area is 493 Å². The Bertz CT molecular complexity index is 2860. The minimum Gasteiger partial charge on any atom is -0.506 e. The van der Waals surface area contributed by atoms with Crippen molar-refractivity contribution in [2.75, 3.05) is 59.4 Å². The van der Waals surface area contributed by atoms with Gasteiger partial charge in [0, 0.05) is 18.1 Å². The lowest BCUT2D eigenvalue weighted by Gasteiger charge is -2.27. The van der Waals surface area contributed by atoms with E-state index in [1.165, 1.54) is 29.1 Å². The topological polar surface area (TPSA) is 266 Å². The number of benzene rings is 3. The van der Waals surface area contributed by atoms with Crippen LogP contribution in [0.1, 0.15) is 111 Å². The molecule has 1 aromatic heterocycles. The second-order valence-corrected chi connectivity index (χ2v) is 21.1. The molecule has 21 nitrogen and oxygen atoms in total. The molecule has 0 unspecified atom stereocenters. The van der Waals surface area contributed by atoms with E-state index in [0.29, 0.717) is 31.6 Å². The molecular formula is C58H75F7N4O17. The average Bonchev–Trinajstić information content (AvgIpc) is 2.91. The predicted octanol–water partition coefficient (Wildman–Crippen LogP) is 10.4. The number of rotatable bonds is 30. The lowest BCUT2D eigenvalue weighted by molar-refractivity contribution is -0.378. The number of ether oxygens (including phenoxy) is 9. The van der Waals surface area contributed by atoms with E-state index < -0.39 is 83.2 Å². The number of aromatic nitrogens is 3. The van der Waals surface area contributed by atoms with Crippen molar-refractivity contribution in [3.05, 3.63) is 90.5 Å². The molecule has 0 bridgehead atoms. The number of hydrogen-bond acceptors (Lipinski definition) is 19. The van der Waals surface area contributed by atoms with Gasteiger partial charge in [-0.3, -0.25) is 19.2 Å². The largest absolute Gasteiger partial charge is 0.506 e. The number of hydrogen-bond donors (Lipinski definition) is 2. The Balaban J connectivity index is 0.000000465. The van der Waals surface area contributed by atoms with Gasteiger partial charge >= 0.3 is 54.3 Å². The number of halogens is 7. The SMILES string of the molecule is C=CC(=O)OCCNC(=O)OCCOC(=O)C(C)(C)CC.CCC(C)(C)C(=O)OCCOc1ccc(C(=O)C(C)(C)OC(=O)C(F)(F)OC(F)(F)COCC(F)(F)F)cc1.CCC(C)(C)C(=O)OCCc1ccc(O)c(-n2nc3ccccc3n2)c1. The number of amides is 1. The number of carbonyl (C=O) groups excluding carboxylic acids is 7. The summed E-state index contributed by atoms with van der Waals surface area (Å²) in [5, 5.41) is 21.4.